The molecule has 0 radical (unpaired) electrons. The molecule has 0 saturated heterocycles. The molecule has 1 aliphatic rings. The third-order valence-electron chi connectivity index (χ3n) is 5.24. The fourth-order valence-electron chi connectivity index (χ4n) is 3.66. The molecule has 0 aromatic heterocycles. The van der Waals surface area contributed by atoms with Gasteiger partial charge in [-0.05, 0) is 29.1 Å². The number of aliphatic imine (C=N–C) groups is 1. The van der Waals surface area contributed by atoms with E-state index in [-0.39, 0.29) is 35.4 Å². The number of aliphatic carboxylic acids is 1. The second-order valence-corrected chi connectivity index (χ2v) is 7.72. The van der Waals surface area contributed by atoms with E-state index in [1.165, 1.54) is 6.34 Å². The van der Waals surface area contributed by atoms with Crippen LogP contribution in [0.2, 0.25) is 0 Å². The summed E-state index contributed by atoms with van der Waals surface area (Å²) in [6, 6.07) is 19.0. The van der Waals surface area contributed by atoms with Gasteiger partial charge in [-0.1, -0.05) is 80.4 Å². The van der Waals surface area contributed by atoms with E-state index in [4.69, 9.17) is 0 Å². The van der Waals surface area contributed by atoms with Gasteiger partial charge in [0, 0.05) is 0 Å². The quantitative estimate of drug-likeness (QED) is 0.392. The van der Waals surface area contributed by atoms with E-state index in [0.29, 0.717) is 6.54 Å². The Morgan fingerprint density at radius 1 is 0.969 bits per heavy atom. The van der Waals surface area contributed by atoms with E-state index in [0.717, 1.165) is 36.8 Å². The molecule has 32 heavy (non-hydrogen) atoms. The molecule has 0 saturated carbocycles. The molecule has 0 bridgehead atoms. The van der Waals surface area contributed by atoms with E-state index in [2.05, 4.69) is 22.3 Å². The Morgan fingerprint density at radius 2 is 1.56 bits per heavy atom. The van der Waals surface area contributed by atoms with Crippen molar-refractivity contribution in [2.75, 3.05) is 13.1 Å². The van der Waals surface area contributed by atoms with Gasteiger partial charge >= 0.3 is 5.97 Å². The summed E-state index contributed by atoms with van der Waals surface area (Å²) in [4.78, 5) is 28.7. The van der Waals surface area contributed by atoms with Gasteiger partial charge in [-0.15, -0.1) is 17.0 Å². The van der Waals surface area contributed by atoms with Crippen LogP contribution < -0.4 is 5.32 Å². The van der Waals surface area contributed by atoms with Gasteiger partial charge in [0.05, 0.1) is 6.04 Å². The molecule has 1 amide bonds. The van der Waals surface area contributed by atoms with Crippen LogP contribution in [0, 0.1) is 0 Å². The van der Waals surface area contributed by atoms with Gasteiger partial charge in [-0.2, -0.15) is 4.99 Å². The molecule has 7 nitrogen and oxygen atoms in total. The van der Waals surface area contributed by atoms with Crippen molar-refractivity contribution >= 4 is 36.5 Å². The lowest BCUT2D eigenvalue weighted by Crippen LogP contribution is -2.45. The van der Waals surface area contributed by atoms with E-state index < -0.39 is 11.9 Å². The topological polar surface area (TPSA) is 91.1 Å². The Kier molecular flexibility index (Phi) is 9.56. The number of unbranched alkanes of at least 4 members (excludes halogenated alkanes) is 3. The summed E-state index contributed by atoms with van der Waals surface area (Å²) in [5, 5.41) is 16.8. The zero-order valence-electron chi connectivity index (χ0n) is 18.2. The Bertz CT molecular complexity index is 911. The van der Waals surface area contributed by atoms with Gasteiger partial charge in [-0.3, -0.25) is 4.79 Å². The third-order valence-corrected chi connectivity index (χ3v) is 5.24. The number of rotatable bonds is 11. The van der Waals surface area contributed by atoms with E-state index in [1.54, 1.807) is 0 Å². The second kappa shape index (κ2) is 12.1. The highest BCUT2D eigenvalue weighted by atomic mass is 35.5. The van der Waals surface area contributed by atoms with Crippen molar-refractivity contribution in [2.24, 2.45) is 10.1 Å². The van der Waals surface area contributed by atoms with E-state index >= 15 is 0 Å². The summed E-state index contributed by atoms with van der Waals surface area (Å²) in [6.45, 7) is 2.40. The molecule has 1 heterocycles. The minimum Gasteiger partial charge on any atom is -0.477 e. The van der Waals surface area contributed by atoms with E-state index in [1.807, 2.05) is 60.7 Å². The molecule has 2 N–H and O–H groups in total. The molecular weight excluding hydrogens is 428 g/mol. The zero-order chi connectivity index (χ0) is 22.1. The molecular formula is C24H30ClN4O3+. The van der Waals surface area contributed by atoms with Crippen LogP contribution in [0.3, 0.4) is 0 Å². The molecule has 0 spiro atoms. The van der Waals surface area contributed by atoms with Crippen molar-refractivity contribution in [1.29, 1.82) is 0 Å². The number of carboxylic acid groups (broad SMARTS) is 1. The highest BCUT2D eigenvalue weighted by molar-refractivity contribution is 6.39. The van der Waals surface area contributed by atoms with Crippen LogP contribution >= 0.6 is 12.4 Å². The highest BCUT2D eigenvalue weighted by Crippen LogP contribution is 2.22. The maximum Gasteiger partial charge on any atom is 0.362 e. The van der Waals surface area contributed by atoms with Crippen molar-refractivity contribution in [3.63, 3.8) is 0 Å². The lowest BCUT2D eigenvalue weighted by molar-refractivity contribution is -0.832. The number of nitrogens with zero attached hydrogens (tertiary/aromatic N) is 3. The standard InChI is InChI=1S/C24H28N4O3.ClH/c1-2-3-4-11-16-28(17-21(29)30)18-25-23(27-28)24(31)26-22(19-12-7-5-8-13-19)20-14-9-6-10-15-20;/h5-10,12-15,18,22H,2-4,11,16-17H2,1H3,(H-,26,29,30,31);1H/p+1. The number of hydrogen-bond donors (Lipinski definition) is 2. The SMILES string of the molecule is CCCCCC[N+]1(CC(=O)O)C=NC(C(=O)NC(c2ccccc2)c2ccccc2)=N1.Cl. The monoisotopic (exact) mass is 457 g/mol. The molecule has 3 rings (SSSR count). The Balaban J connectivity index is 0.00000363. The number of benzene rings is 2. The van der Waals surface area contributed by atoms with Gasteiger partial charge in [-0.25, -0.2) is 4.79 Å². The second-order valence-electron chi connectivity index (χ2n) is 7.72. The fraction of sp³-hybridized carbons (Fsp3) is 0.333. The molecule has 0 fully saturated rings. The van der Waals surface area contributed by atoms with Crippen LogP contribution in [0.5, 0.6) is 0 Å². The van der Waals surface area contributed by atoms with Crippen LogP contribution in [0.15, 0.2) is 70.8 Å². The first kappa shape index (κ1) is 25.2. The number of hydrogen-bond acceptors (Lipinski definition) is 4. The largest absolute Gasteiger partial charge is 0.477 e. The first-order chi connectivity index (χ1) is 15.0. The predicted molar refractivity (Wildman–Crippen MR) is 128 cm³/mol. The Morgan fingerprint density at radius 3 is 2.09 bits per heavy atom. The van der Waals surface area contributed by atoms with Gasteiger partial charge < -0.3 is 10.4 Å². The number of carbonyl (C=O) groups excluding carboxylic acids is 1. The van der Waals surface area contributed by atoms with Gasteiger partial charge in [0.15, 0.2) is 0 Å². The smallest absolute Gasteiger partial charge is 0.362 e. The zero-order valence-corrected chi connectivity index (χ0v) is 19.0. The summed E-state index contributed by atoms with van der Waals surface area (Å²) in [5.74, 6) is -1.39. The predicted octanol–water partition coefficient (Wildman–Crippen LogP) is 4.15. The van der Waals surface area contributed by atoms with Crippen LogP contribution in [0.25, 0.3) is 0 Å². The Labute approximate surface area is 194 Å². The van der Waals surface area contributed by atoms with Crippen LogP contribution in [-0.2, 0) is 9.59 Å². The first-order valence-electron chi connectivity index (χ1n) is 10.7. The molecule has 170 valence electrons. The summed E-state index contributed by atoms with van der Waals surface area (Å²) in [5.41, 5.74) is 1.88. The molecule has 1 unspecified atom stereocenters. The van der Waals surface area contributed by atoms with Crippen molar-refractivity contribution in [3.05, 3.63) is 71.8 Å². The molecule has 1 aliphatic heterocycles. The highest BCUT2D eigenvalue weighted by Gasteiger charge is 2.37. The van der Waals surface area contributed by atoms with Crippen LogP contribution in [0.1, 0.15) is 49.8 Å². The first-order valence-corrected chi connectivity index (χ1v) is 10.7. The average molecular weight is 458 g/mol. The minimum atomic E-state index is -0.973. The average Bonchev–Trinajstić information content (AvgIpc) is 3.19. The summed E-state index contributed by atoms with van der Waals surface area (Å²) < 4.78 is -0.177. The minimum absolute atomic E-state index is 0. The molecule has 8 heteroatoms. The lowest BCUT2D eigenvalue weighted by atomic mass is 9.99. The number of carboxylic acids is 1. The molecule has 1 atom stereocenters. The number of nitrogens with one attached hydrogen (secondary N) is 1. The number of amidine groups is 1. The van der Waals surface area contributed by atoms with Crippen molar-refractivity contribution in [1.82, 2.24) is 5.32 Å². The summed E-state index contributed by atoms with van der Waals surface area (Å²) in [7, 11) is 0. The van der Waals surface area contributed by atoms with Crippen molar-refractivity contribution in [3.8, 4) is 0 Å². The maximum atomic E-state index is 13.0. The number of carbonyl (C=O) groups is 2. The van der Waals surface area contributed by atoms with Crippen LogP contribution in [-0.4, -0.2) is 46.8 Å². The van der Waals surface area contributed by atoms with Crippen molar-refractivity contribution in [2.45, 2.75) is 38.6 Å². The third kappa shape index (κ3) is 6.73. The number of amides is 1. The van der Waals surface area contributed by atoms with E-state index in [9.17, 15) is 14.7 Å². The molecule has 2 aromatic rings. The fourth-order valence-corrected chi connectivity index (χ4v) is 3.66. The normalized spacial score (nSPS) is 17.0. The van der Waals surface area contributed by atoms with Crippen LogP contribution in [0.4, 0.5) is 0 Å². The maximum absolute atomic E-state index is 13.0. The molecule has 0 aliphatic carbocycles. The van der Waals surface area contributed by atoms with Gasteiger partial charge in [0.2, 0.25) is 12.9 Å². The van der Waals surface area contributed by atoms with Crippen molar-refractivity contribution < 1.29 is 19.3 Å². The van der Waals surface area contributed by atoms with Gasteiger partial charge in [0.25, 0.3) is 11.7 Å². The summed E-state index contributed by atoms with van der Waals surface area (Å²) >= 11 is 0. The number of halogens is 1. The summed E-state index contributed by atoms with van der Waals surface area (Å²) in [6.07, 6.45) is 5.46. The lowest BCUT2D eigenvalue weighted by Gasteiger charge is -2.22. The molecule has 2 aromatic carbocycles. The van der Waals surface area contributed by atoms with Gasteiger partial charge in [0.1, 0.15) is 6.54 Å². The Hall–Kier alpha value is -3.03. The number of quaternary nitrogens is 1.